The summed E-state index contributed by atoms with van der Waals surface area (Å²) < 4.78 is 0. The monoisotopic (exact) mass is 207 g/mol. The first-order valence-electron chi connectivity index (χ1n) is 6.24. The number of hydrogen-bond donors (Lipinski definition) is 0. The lowest BCUT2D eigenvalue weighted by Crippen LogP contribution is -2.45. The van der Waals surface area contributed by atoms with Crippen molar-refractivity contribution in [1.29, 1.82) is 0 Å². The fourth-order valence-electron chi connectivity index (χ4n) is 2.68. The maximum Gasteiger partial charge on any atom is 0.226 e. The molecule has 1 heterocycles. The van der Waals surface area contributed by atoms with Gasteiger partial charge < -0.3 is 4.90 Å². The van der Waals surface area contributed by atoms with Gasteiger partial charge in [0.15, 0.2) is 0 Å². The third-order valence-corrected chi connectivity index (χ3v) is 3.70. The first kappa shape index (κ1) is 10.7. The van der Waals surface area contributed by atoms with Crippen molar-refractivity contribution in [2.24, 2.45) is 5.92 Å². The fraction of sp³-hybridized carbons (Fsp3) is 0.769. The zero-order chi connectivity index (χ0) is 10.7. The van der Waals surface area contributed by atoms with Gasteiger partial charge in [0, 0.05) is 18.5 Å². The maximum atomic E-state index is 12.3. The lowest BCUT2D eigenvalue weighted by atomic mass is 9.91. The van der Waals surface area contributed by atoms with Crippen molar-refractivity contribution < 1.29 is 4.79 Å². The Bertz CT molecular complexity index is 259. The Balaban J connectivity index is 1.96. The molecule has 0 spiro atoms. The molecular formula is C13H21NO. The SMILES string of the molecule is C[C@@H]1CCCCN1C(=O)[C@H]1CC=CCC1. The summed E-state index contributed by atoms with van der Waals surface area (Å²) in [7, 11) is 0. The van der Waals surface area contributed by atoms with Crippen molar-refractivity contribution in [3.05, 3.63) is 12.2 Å². The predicted octanol–water partition coefficient (Wildman–Crippen LogP) is 2.74. The van der Waals surface area contributed by atoms with Crippen molar-refractivity contribution in [1.82, 2.24) is 4.90 Å². The van der Waals surface area contributed by atoms with Gasteiger partial charge in [-0.25, -0.2) is 0 Å². The van der Waals surface area contributed by atoms with E-state index < -0.39 is 0 Å². The van der Waals surface area contributed by atoms with E-state index in [0.717, 1.165) is 25.8 Å². The number of allylic oxidation sites excluding steroid dienone is 2. The molecule has 1 fully saturated rings. The molecule has 1 aliphatic heterocycles. The van der Waals surface area contributed by atoms with Gasteiger partial charge in [-0.15, -0.1) is 0 Å². The van der Waals surface area contributed by atoms with Crippen LogP contribution in [0.1, 0.15) is 45.4 Å². The zero-order valence-electron chi connectivity index (χ0n) is 9.61. The summed E-state index contributed by atoms with van der Waals surface area (Å²) in [6.07, 6.45) is 11.1. The van der Waals surface area contributed by atoms with Crippen LogP contribution in [0.4, 0.5) is 0 Å². The Morgan fingerprint density at radius 2 is 2.13 bits per heavy atom. The summed E-state index contributed by atoms with van der Waals surface area (Å²) >= 11 is 0. The minimum absolute atomic E-state index is 0.274. The Labute approximate surface area is 92.3 Å². The molecule has 15 heavy (non-hydrogen) atoms. The van der Waals surface area contributed by atoms with E-state index in [2.05, 4.69) is 24.0 Å². The van der Waals surface area contributed by atoms with E-state index in [9.17, 15) is 4.79 Å². The lowest BCUT2D eigenvalue weighted by Gasteiger charge is -2.36. The van der Waals surface area contributed by atoms with Crippen LogP contribution in [0, 0.1) is 5.92 Å². The highest BCUT2D eigenvalue weighted by atomic mass is 16.2. The number of piperidine rings is 1. The molecule has 0 aromatic rings. The molecule has 0 radical (unpaired) electrons. The first-order chi connectivity index (χ1) is 7.29. The van der Waals surface area contributed by atoms with Gasteiger partial charge in [-0.1, -0.05) is 12.2 Å². The van der Waals surface area contributed by atoms with E-state index in [-0.39, 0.29) is 5.92 Å². The topological polar surface area (TPSA) is 20.3 Å². The number of carbonyl (C=O) groups excluding carboxylic acids is 1. The molecule has 0 N–H and O–H groups in total. The molecule has 1 saturated heterocycles. The molecule has 0 unspecified atom stereocenters. The Morgan fingerprint density at radius 1 is 1.27 bits per heavy atom. The molecule has 2 rings (SSSR count). The molecule has 2 aliphatic rings. The normalized spacial score (nSPS) is 31.7. The third kappa shape index (κ3) is 2.42. The van der Waals surface area contributed by atoms with E-state index >= 15 is 0 Å². The van der Waals surface area contributed by atoms with E-state index in [1.807, 2.05) is 0 Å². The minimum Gasteiger partial charge on any atom is -0.340 e. The summed E-state index contributed by atoms with van der Waals surface area (Å²) in [5, 5.41) is 0. The van der Waals surface area contributed by atoms with E-state index in [0.29, 0.717) is 11.9 Å². The molecule has 0 aromatic carbocycles. The summed E-state index contributed by atoms with van der Waals surface area (Å²) in [5.74, 6) is 0.683. The Hall–Kier alpha value is -0.790. The molecular weight excluding hydrogens is 186 g/mol. The largest absolute Gasteiger partial charge is 0.340 e. The molecule has 0 aromatic heterocycles. The summed E-state index contributed by atoms with van der Waals surface area (Å²) in [5.41, 5.74) is 0. The smallest absolute Gasteiger partial charge is 0.226 e. The van der Waals surface area contributed by atoms with Crippen LogP contribution in [0.3, 0.4) is 0 Å². The minimum atomic E-state index is 0.274. The average molecular weight is 207 g/mol. The Kier molecular flexibility index (Phi) is 3.45. The molecule has 1 aliphatic carbocycles. The average Bonchev–Trinajstić information content (AvgIpc) is 2.30. The molecule has 0 bridgehead atoms. The number of carbonyl (C=O) groups is 1. The van der Waals surface area contributed by atoms with Crippen LogP contribution >= 0.6 is 0 Å². The van der Waals surface area contributed by atoms with E-state index in [1.54, 1.807) is 0 Å². The third-order valence-electron chi connectivity index (χ3n) is 3.70. The number of amides is 1. The number of likely N-dealkylation sites (tertiary alicyclic amines) is 1. The highest BCUT2D eigenvalue weighted by Gasteiger charge is 2.28. The van der Waals surface area contributed by atoms with Gasteiger partial charge >= 0.3 is 0 Å². The molecule has 1 amide bonds. The maximum absolute atomic E-state index is 12.3. The molecule has 2 atom stereocenters. The second-order valence-corrected chi connectivity index (χ2v) is 4.86. The molecule has 2 heteroatoms. The summed E-state index contributed by atoms with van der Waals surface area (Å²) in [4.78, 5) is 14.4. The molecule has 2 nitrogen and oxygen atoms in total. The van der Waals surface area contributed by atoms with Gasteiger partial charge in [0.2, 0.25) is 5.91 Å². The van der Waals surface area contributed by atoms with Crippen LogP contribution in [-0.4, -0.2) is 23.4 Å². The van der Waals surface area contributed by atoms with Crippen molar-refractivity contribution in [2.45, 2.75) is 51.5 Å². The van der Waals surface area contributed by atoms with Crippen LogP contribution < -0.4 is 0 Å². The standard InChI is InChI=1S/C13H21NO/c1-11-7-5-6-10-14(11)13(15)12-8-3-2-4-9-12/h2-3,11-12H,4-10H2,1H3/t11-,12+/m1/s1. The number of nitrogens with zero attached hydrogens (tertiary/aromatic N) is 1. The van der Waals surface area contributed by atoms with Gasteiger partial charge in [0.1, 0.15) is 0 Å². The van der Waals surface area contributed by atoms with Crippen molar-refractivity contribution >= 4 is 5.91 Å². The van der Waals surface area contributed by atoms with Crippen molar-refractivity contribution in [3.63, 3.8) is 0 Å². The highest BCUT2D eigenvalue weighted by Crippen LogP contribution is 2.25. The number of rotatable bonds is 1. The van der Waals surface area contributed by atoms with Crippen LogP contribution in [-0.2, 0) is 4.79 Å². The van der Waals surface area contributed by atoms with Gasteiger partial charge in [-0.05, 0) is 45.4 Å². The van der Waals surface area contributed by atoms with Crippen molar-refractivity contribution in [3.8, 4) is 0 Å². The molecule has 0 saturated carbocycles. The quantitative estimate of drug-likeness (QED) is 0.605. The predicted molar refractivity (Wildman–Crippen MR) is 61.5 cm³/mol. The summed E-state index contributed by atoms with van der Waals surface area (Å²) in [6, 6.07) is 0.470. The van der Waals surface area contributed by atoms with Crippen LogP contribution in [0.25, 0.3) is 0 Å². The van der Waals surface area contributed by atoms with E-state index in [4.69, 9.17) is 0 Å². The second kappa shape index (κ2) is 4.82. The van der Waals surface area contributed by atoms with E-state index in [1.165, 1.54) is 19.3 Å². The van der Waals surface area contributed by atoms with Gasteiger partial charge in [-0.3, -0.25) is 4.79 Å². The van der Waals surface area contributed by atoms with Crippen LogP contribution in [0.5, 0.6) is 0 Å². The number of hydrogen-bond acceptors (Lipinski definition) is 1. The Morgan fingerprint density at radius 3 is 2.80 bits per heavy atom. The van der Waals surface area contributed by atoms with Gasteiger partial charge in [0.25, 0.3) is 0 Å². The van der Waals surface area contributed by atoms with Gasteiger partial charge in [0.05, 0.1) is 0 Å². The second-order valence-electron chi connectivity index (χ2n) is 4.86. The zero-order valence-corrected chi connectivity index (χ0v) is 9.61. The van der Waals surface area contributed by atoms with Crippen LogP contribution in [0.2, 0.25) is 0 Å². The lowest BCUT2D eigenvalue weighted by molar-refractivity contribution is -0.139. The fourth-order valence-corrected chi connectivity index (χ4v) is 2.68. The summed E-state index contributed by atoms with van der Waals surface area (Å²) in [6.45, 7) is 3.18. The first-order valence-corrected chi connectivity index (χ1v) is 6.24. The van der Waals surface area contributed by atoms with Crippen molar-refractivity contribution in [2.75, 3.05) is 6.54 Å². The highest BCUT2D eigenvalue weighted by molar-refractivity contribution is 5.79. The van der Waals surface area contributed by atoms with Gasteiger partial charge in [-0.2, -0.15) is 0 Å². The van der Waals surface area contributed by atoms with Crippen LogP contribution in [0.15, 0.2) is 12.2 Å². The molecule has 84 valence electrons.